The Morgan fingerprint density at radius 1 is 1.14 bits per heavy atom. The molecule has 120 valence electrons. The number of rotatable bonds is 0. The summed E-state index contributed by atoms with van der Waals surface area (Å²) in [6.45, 7) is 4.84. The molecule has 2 heteroatoms. The number of ketones is 1. The van der Waals surface area contributed by atoms with Crippen LogP contribution in [-0.2, 0) is 4.79 Å². The first-order valence-corrected chi connectivity index (χ1v) is 9.34. The van der Waals surface area contributed by atoms with Crippen molar-refractivity contribution in [2.45, 2.75) is 71.3 Å². The molecular weight excluding hydrogens is 272 g/mol. The van der Waals surface area contributed by atoms with Gasteiger partial charge in [0.1, 0.15) is 0 Å². The average molecular weight is 300 g/mol. The number of aliphatic hydroxyl groups is 1. The number of hydrogen-bond donors (Lipinski definition) is 1. The zero-order valence-corrected chi connectivity index (χ0v) is 13.9. The minimum Gasteiger partial charge on any atom is -0.393 e. The van der Waals surface area contributed by atoms with Gasteiger partial charge >= 0.3 is 0 Å². The molecule has 0 radical (unpaired) electrons. The van der Waals surface area contributed by atoms with Crippen molar-refractivity contribution in [1.29, 1.82) is 0 Å². The molecule has 1 N–H and O–H groups in total. The zero-order chi connectivity index (χ0) is 15.3. The fourth-order valence-electron chi connectivity index (χ4n) is 7.76. The average Bonchev–Trinajstić information content (AvgIpc) is 3.13. The van der Waals surface area contributed by atoms with E-state index in [1.54, 1.807) is 0 Å². The molecule has 0 amide bonds. The Kier molecular flexibility index (Phi) is 2.43. The lowest BCUT2D eigenvalue weighted by molar-refractivity contribution is -0.120. The number of carbonyl (C=O) groups is 1. The molecule has 0 aromatic rings. The van der Waals surface area contributed by atoms with E-state index in [9.17, 15) is 9.90 Å². The molecule has 0 heterocycles. The molecular formula is C20H28O2. The van der Waals surface area contributed by atoms with Crippen LogP contribution >= 0.6 is 0 Å². The van der Waals surface area contributed by atoms with Gasteiger partial charge in [-0.3, -0.25) is 4.79 Å². The predicted molar refractivity (Wildman–Crippen MR) is 85.1 cm³/mol. The molecule has 4 fully saturated rings. The molecule has 2 nitrogen and oxygen atoms in total. The van der Waals surface area contributed by atoms with Gasteiger partial charge < -0.3 is 5.11 Å². The first-order chi connectivity index (χ1) is 10.4. The summed E-state index contributed by atoms with van der Waals surface area (Å²) in [7, 11) is 0. The van der Waals surface area contributed by atoms with Gasteiger partial charge in [-0.05, 0) is 85.0 Å². The topological polar surface area (TPSA) is 37.3 Å². The van der Waals surface area contributed by atoms with E-state index >= 15 is 0 Å². The minimum absolute atomic E-state index is 0.0649. The van der Waals surface area contributed by atoms with E-state index in [1.807, 2.05) is 6.08 Å². The minimum atomic E-state index is -0.0649. The Hall–Kier alpha value is -0.630. The van der Waals surface area contributed by atoms with Crippen LogP contribution in [0.3, 0.4) is 0 Å². The van der Waals surface area contributed by atoms with Gasteiger partial charge in [0.15, 0.2) is 5.78 Å². The van der Waals surface area contributed by atoms with Gasteiger partial charge in [0, 0.05) is 6.42 Å². The third-order valence-corrected chi connectivity index (χ3v) is 9.08. The van der Waals surface area contributed by atoms with Gasteiger partial charge in [-0.15, -0.1) is 0 Å². The summed E-state index contributed by atoms with van der Waals surface area (Å²) >= 11 is 0. The lowest BCUT2D eigenvalue weighted by atomic mass is 9.45. The van der Waals surface area contributed by atoms with Crippen LogP contribution < -0.4 is 0 Å². The first kappa shape index (κ1) is 13.8. The molecule has 0 aliphatic heterocycles. The fourth-order valence-corrected chi connectivity index (χ4v) is 7.76. The zero-order valence-electron chi connectivity index (χ0n) is 13.9. The van der Waals surface area contributed by atoms with Crippen LogP contribution in [0.1, 0.15) is 65.2 Å². The predicted octanol–water partition coefficient (Wildman–Crippen LogP) is 3.88. The Bertz CT molecular complexity index is 593. The highest BCUT2D eigenvalue weighted by Crippen LogP contribution is 2.82. The highest BCUT2D eigenvalue weighted by atomic mass is 16.3. The number of hydrogen-bond acceptors (Lipinski definition) is 2. The maximum Gasteiger partial charge on any atom is 0.155 e. The maximum absolute atomic E-state index is 11.9. The highest BCUT2D eigenvalue weighted by molar-refractivity contribution is 5.91. The second kappa shape index (κ2) is 3.88. The molecule has 5 aliphatic carbocycles. The van der Waals surface area contributed by atoms with Crippen LogP contribution in [0.25, 0.3) is 0 Å². The van der Waals surface area contributed by atoms with Gasteiger partial charge in [-0.2, -0.15) is 0 Å². The Labute approximate surface area is 133 Å². The summed E-state index contributed by atoms with van der Waals surface area (Å²) in [4.78, 5) is 11.9. The van der Waals surface area contributed by atoms with E-state index in [-0.39, 0.29) is 16.9 Å². The number of carbonyl (C=O) groups excluding carboxylic acids is 1. The monoisotopic (exact) mass is 300 g/mol. The van der Waals surface area contributed by atoms with E-state index in [0.29, 0.717) is 11.2 Å². The van der Waals surface area contributed by atoms with Crippen LogP contribution in [0.15, 0.2) is 11.6 Å². The molecule has 0 bridgehead atoms. The van der Waals surface area contributed by atoms with E-state index < -0.39 is 0 Å². The van der Waals surface area contributed by atoms with E-state index in [1.165, 1.54) is 31.3 Å². The van der Waals surface area contributed by atoms with Crippen molar-refractivity contribution >= 4 is 5.78 Å². The van der Waals surface area contributed by atoms with E-state index in [0.717, 1.165) is 43.4 Å². The Morgan fingerprint density at radius 2 is 1.95 bits per heavy atom. The molecule has 0 aromatic carbocycles. The summed E-state index contributed by atoms with van der Waals surface area (Å²) in [6.07, 6.45) is 11.0. The molecule has 0 saturated heterocycles. The summed E-state index contributed by atoms with van der Waals surface area (Å²) in [6, 6.07) is 0. The fraction of sp³-hybridized carbons (Fsp3) is 0.850. The van der Waals surface area contributed by atoms with Crippen molar-refractivity contribution in [1.82, 2.24) is 0 Å². The summed E-state index contributed by atoms with van der Waals surface area (Å²) < 4.78 is 0. The van der Waals surface area contributed by atoms with Crippen LogP contribution in [0, 0.1) is 34.0 Å². The van der Waals surface area contributed by atoms with Gasteiger partial charge in [0.2, 0.25) is 0 Å². The smallest absolute Gasteiger partial charge is 0.155 e. The van der Waals surface area contributed by atoms with Gasteiger partial charge in [-0.25, -0.2) is 0 Å². The number of aliphatic hydroxyl groups excluding tert-OH is 1. The van der Waals surface area contributed by atoms with Crippen molar-refractivity contribution in [2.75, 3.05) is 0 Å². The van der Waals surface area contributed by atoms with Crippen molar-refractivity contribution < 1.29 is 9.90 Å². The van der Waals surface area contributed by atoms with Crippen LogP contribution in [0.5, 0.6) is 0 Å². The van der Waals surface area contributed by atoms with E-state index in [4.69, 9.17) is 0 Å². The van der Waals surface area contributed by atoms with Crippen molar-refractivity contribution in [2.24, 2.45) is 34.0 Å². The van der Waals surface area contributed by atoms with Crippen molar-refractivity contribution in [3.05, 3.63) is 11.6 Å². The molecule has 1 spiro atoms. The molecule has 0 unspecified atom stereocenters. The quantitative estimate of drug-likeness (QED) is 0.737. The highest BCUT2D eigenvalue weighted by Gasteiger charge is 2.77. The first-order valence-electron chi connectivity index (χ1n) is 9.34. The summed E-state index contributed by atoms with van der Waals surface area (Å²) in [5.41, 5.74) is 2.36. The summed E-state index contributed by atoms with van der Waals surface area (Å²) in [5, 5.41) is 10.6. The third-order valence-electron chi connectivity index (χ3n) is 9.08. The molecule has 5 rings (SSSR count). The van der Waals surface area contributed by atoms with Gasteiger partial charge in [-0.1, -0.05) is 19.4 Å². The van der Waals surface area contributed by atoms with E-state index in [2.05, 4.69) is 13.8 Å². The molecule has 22 heavy (non-hydrogen) atoms. The number of fused-ring (bicyclic) bond motifs is 3. The maximum atomic E-state index is 11.9. The normalized spacial score (nSPS) is 59.0. The van der Waals surface area contributed by atoms with Gasteiger partial charge in [0.25, 0.3) is 0 Å². The SMILES string of the molecule is C[C@]12CCC(=O)C=C1CC[C@@H]1[C@@H]2CC[C@]2(C)[C@@H](O)C[C@H]3C[C@@]312. The summed E-state index contributed by atoms with van der Waals surface area (Å²) in [5.74, 6) is 2.69. The lowest BCUT2D eigenvalue weighted by Gasteiger charge is -2.59. The molecule has 0 aromatic heterocycles. The Balaban J connectivity index is 1.57. The lowest BCUT2D eigenvalue weighted by Crippen LogP contribution is -2.53. The van der Waals surface area contributed by atoms with Crippen LogP contribution in [0.4, 0.5) is 0 Å². The number of allylic oxidation sites excluding steroid dienone is 1. The second-order valence-electron chi connectivity index (χ2n) is 9.45. The van der Waals surface area contributed by atoms with Crippen molar-refractivity contribution in [3.8, 4) is 0 Å². The third kappa shape index (κ3) is 1.32. The van der Waals surface area contributed by atoms with Crippen LogP contribution in [-0.4, -0.2) is 17.0 Å². The largest absolute Gasteiger partial charge is 0.393 e. The standard InChI is InChI=1S/C20H28O2/c1-18-7-5-14(21)9-12(18)3-4-16-15(18)6-8-19(2)17(22)10-13-11-20(13,16)19/h9,13,15-17,22H,3-8,10-11H2,1-2H3/t13-,15-,16+,17-,18-,19+,20+/m0/s1. The van der Waals surface area contributed by atoms with Gasteiger partial charge in [0.05, 0.1) is 6.10 Å². The molecule has 7 atom stereocenters. The molecule has 5 aliphatic rings. The molecule has 4 saturated carbocycles. The Morgan fingerprint density at radius 3 is 2.77 bits per heavy atom. The van der Waals surface area contributed by atoms with Crippen molar-refractivity contribution in [3.63, 3.8) is 0 Å². The second-order valence-corrected chi connectivity index (χ2v) is 9.45. The van der Waals surface area contributed by atoms with Crippen LogP contribution in [0.2, 0.25) is 0 Å².